The van der Waals surface area contributed by atoms with Crippen molar-refractivity contribution in [1.82, 2.24) is 4.90 Å². The fourth-order valence-electron chi connectivity index (χ4n) is 1.04. The number of thiophene rings is 1. The molecule has 2 N–H and O–H groups in total. The number of rotatable bonds is 4. The maximum atomic E-state index is 9.66. The van der Waals surface area contributed by atoms with Gasteiger partial charge in [-0.25, -0.2) is 0 Å². The first-order valence-corrected chi connectivity index (χ1v) is 5.07. The molecule has 0 fully saturated rings. The lowest BCUT2D eigenvalue weighted by Crippen LogP contribution is -2.15. The zero-order chi connectivity index (χ0) is 9.84. The highest BCUT2D eigenvalue weighted by molar-refractivity contribution is 7.10. The molecule has 0 spiro atoms. The van der Waals surface area contributed by atoms with Crippen molar-refractivity contribution in [2.24, 2.45) is 0 Å². The van der Waals surface area contributed by atoms with E-state index in [1.807, 2.05) is 19.0 Å². The number of nitrogens with zero attached hydrogens (tertiary/aromatic N) is 1. The zero-order valence-electron chi connectivity index (χ0n) is 7.90. The second-order valence-electron chi connectivity index (χ2n) is 3.32. The second-order valence-corrected chi connectivity index (χ2v) is 4.26. The van der Waals surface area contributed by atoms with E-state index in [1.165, 1.54) is 11.3 Å². The second kappa shape index (κ2) is 4.60. The van der Waals surface area contributed by atoms with Crippen molar-refractivity contribution in [2.75, 3.05) is 20.6 Å². The van der Waals surface area contributed by atoms with Gasteiger partial charge in [0.05, 0.1) is 6.10 Å². The van der Waals surface area contributed by atoms with Crippen LogP contribution in [0.25, 0.3) is 0 Å². The first kappa shape index (κ1) is 10.5. The molecule has 3 nitrogen and oxygen atoms in total. The van der Waals surface area contributed by atoms with Crippen LogP contribution in [0.15, 0.2) is 11.4 Å². The average molecular weight is 201 g/mol. The molecule has 0 saturated carbocycles. The predicted molar refractivity (Wildman–Crippen MR) is 54.1 cm³/mol. The molecule has 1 unspecified atom stereocenters. The lowest BCUT2D eigenvalue weighted by Gasteiger charge is -2.12. The van der Waals surface area contributed by atoms with Gasteiger partial charge in [-0.3, -0.25) is 0 Å². The highest BCUT2D eigenvalue weighted by atomic mass is 32.1. The van der Waals surface area contributed by atoms with Crippen molar-refractivity contribution in [2.45, 2.75) is 12.5 Å². The Morgan fingerprint density at radius 1 is 1.54 bits per heavy atom. The Morgan fingerprint density at radius 3 is 2.69 bits per heavy atom. The molecule has 0 aliphatic carbocycles. The summed E-state index contributed by atoms with van der Waals surface area (Å²) in [5, 5.41) is 20.4. The molecule has 0 aromatic carbocycles. The molecule has 4 heteroatoms. The van der Waals surface area contributed by atoms with Crippen molar-refractivity contribution >= 4 is 11.3 Å². The van der Waals surface area contributed by atoms with Gasteiger partial charge in [0, 0.05) is 16.8 Å². The van der Waals surface area contributed by atoms with Crippen LogP contribution in [-0.2, 0) is 0 Å². The molecular formula is C9H15NO2S. The molecule has 0 aliphatic rings. The van der Waals surface area contributed by atoms with E-state index >= 15 is 0 Å². The maximum absolute atomic E-state index is 9.66. The van der Waals surface area contributed by atoms with Gasteiger partial charge >= 0.3 is 0 Å². The average Bonchev–Trinajstić information content (AvgIpc) is 2.47. The zero-order valence-corrected chi connectivity index (χ0v) is 8.71. The fourth-order valence-corrected chi connectivity index (χ4v) is 1.83. The standard InChI is InChI=1S/C9H15NO2S/c1-10(2)4-3-8(12)9-5-7(11)6-13-9/h5-6,8,11-12H,3-4H2,1-2H3. The summed E-state index contributed by atoms with van der Waals surface area (Å²) in [7, 11) is 3.94. The normalized spacial score (nSPS) is 13.5. The Balaban J connectivity index is 2.44. The van der Waals surface area contributed by atoms with Crippen LogP contribution in [0.2, 0.25) is 0 Å². The van der Waals surface area contributed by atoms with Crippen LogP contribution in [0.1, 0.15) is 17.4 Å². The van der Waals surface area contributed by atoms with Gasteiger partial charge in [-0.05, 0) is 26.6 Å². The molecule has 0 radical (unpaired) electrons. The monoisotopic (exact) mass is 201 g/mol. The van der Waals surface area contributed by atoms with Crippen LogP contribution in [0.3, 0.4) is 0 Å². The first-order valence-electron chi connectivity index (χ1n) is 4.20. The van der Waals surface area contributed by atoms with E-state index in [4.69, 9.17) is 5.11 Å². The van der Waals surface area contributed by atoms with Crippen LogP contribution in [0.5, 0.6) is 5.75 Å². The Hall–Kier alpha value is -0.580. The SMILES string of the molecule is CN(C)CCC(O)c1cc(O)cs1. The van der Waals surface area contributed by atoms with Crippen LogP contribution in [-0.4, -0.2) is 35.8 Å². The summed E-state index contributed by atoms with van der Waals surface area (Å²) < 4.78 is 0. The summed E-state index contributed by atoms with van der Waals surface area (Å²) in [6.07, 6.45) is 0.251. The van der Waals surface area contributed by atoms with Gasteiger partial charge in [0.1, 0.15) is 5.75 Å². The minimum Gasteiger partial charge on any atom is -0.507 e. The van der Waals surface area contributed by atoms with Gasteiger partial charge in [0.25, 0.3) is 0 Å². The van der Waals surface area contributed by atoms with Crippen LogP contribution >= 0.6 is 11.3 Å². The van der Waals surface area contributed by atoms with Gasteiger partial charge in [-0.15, -0.1) is 11.3 Å². The molecule has 1 rings (SSSR count). The fraction of sp³-hybridized carbons (Fsp3) is 0.556. The molecule has 1 heterocycles. The molecular weight excluding hydrogens is 186 g/mol. The van der Waals surface area contributed by atoms with Gasteiger partial charge in [-0.2, -0.15) is 0 Å². The number of aliphatic hydroxyl groups excluding tert-OH is 1. The third kappa shape index (κ3) is 3.34. The van der Waals surface area contributed by atoms with E-state index in [0.29, 0.717) is 6.42 Å². The number of aromatic hydroxyl groups is 1. The van der Waals surface area contributed by atoms with Gasteiger partial charge < -0.3 is 15.1 Å². The molecule has 0 bridgehead atoms. The van der Waals surface area contributed by atoms with E-state index in [-0.39, 0.29) is 5.75 Å². The summed E-state index contributed by atoms with van der Waals surface area (Å²) in [6.45, 7) is 0.847. The molecule has 13 heavy (non-hydrogen) atoms. The smallest absolute Gasteiger partial charge is 0.126 e. The molecule has 0 amide bonds. The molecule has 0 saturated heterocycles. The summed E-state index contributed by atoms with van der Waals surface area (Å²) in [5.74, 6) is 0.240. The first-order chi connectivity index (χ1) is 6.09. The summed E-state index contributed by atoms with van der Waals surface area (Å²) in [5.41, 5.74) is 0. The Labute approximate surface area is 82.2 Å². The number of hydrogen-bond donors (Lipinski definition) is 2. The number of hydrogen-bond acceptors (Lipinski definition) is 4. The minimum absolute atomic E-state index is 0.240. The largest absolute Gasteiger partial charge is 0.507 e. The lowest BCUT2D eigenvalue weighted by atomic mass is 10.2. The van der Waals surface area contributed by atoms with E-state index < -0.39 is 6.10 Å². The Kier molecular flexibility index (Phi) is 3.71. The topological polar surface area (TPSA) is 43.7 Å². The van der Waals surface area contributed by atoms with Crippen molar-refractivity contribution < 1.29 is 10.2 Å². The van der Waals surface area contributed by atoms with Crippen molar-refractivity contribution in [3.05, 3.63) is 16.3 Å². The highest BCUT2D eigenvalue weighted by Gasteiger charge is 2.10. The minimum atomic E-state index is -0.451. The van der Waals surface area contributed by atoms with Crippen LogP contribution < -0.4 is 0 Å². The summed E-state index contributed by atoms with van der Waals surface area (Å²) >= 11 is 1.39. The number of aliphatic hydroxyl groups is 1. The highest BCUT2D eigenvalue weighted by Crippen LogP contribution is 2.27. The van der Waals surface area contributed by atoms with Crippen molar-refractivity contribution in [3.8, 4) is 5.75 Å². The Bertz CT molecular complexity index is 260. The molecule has 0 aliphatic heterocycles. The van der Waals surface area contributed by atoms with Gasteiger partial charge in [0.2, 0.25) is 0 Å². The summed E-state index contributed by atoms with van der Waals surface area (Å²) in [4.78, 5) is 2.86. The molecule has 1 atom stereocenters. The van der Waals surface area contributed by atoms with Crippen LogP contribution in [0, 0.1) is 0 Å². The third-order valence-corrected chi connectivity index (χ3v) is 2.81. The molecule has 1 aromatic heterocycles. The third-order valence-electron chi connectivity index (χ3n) is 1.78. The quantitative estimate of drug-likeness (QED) is 0.774. The summed E-state index contributed by atoms with van der Waals surface area (Å²) in [6, 6.07) is 1.62. The van der Waals surface area contributed by atoms with Crippen molar-refractivity contribution in [3.63, 3.8) is 0 Å². The van der Waals surface area contributed by atoms with E-state index in [1.54, 1.807) is 11.4 Å². The molecule has 1 aromatic rings. The van der Waals surface area contributed by atoms with E-state index in [0.717, 1.165) is 11.4 Å². The predicted octanol–water partition coefficient (Wildman–Crippen LogP) is 1.44. The van der Waals surface area contributed by atoms with Gasteiger partial charge in [-0.1, -0.05) is 0 Å². The Morgan fingerprint density at radius 2 is 2.23 bits per heavy atom. The maximum Gasteiger partial charge on any atom is 0.126 e. The molecule has 74 valence electrons. The van der Waals surface area contributed by atoms with E-state index in [2.05, 4.69) is 0 Å². The van der Waals surface area contributed by atoms with E-state index in [9.17, 15) is 5.11 Å². The van der Waals surface area contributed by atoms with Crippen molar-refractivity contribution in [1.29, 1.82) is 0 Å². The lowest BCUT2D eigenvalue weighted by molar-refractivity contribution is 0.157. The van der Waals surface area contributed by atoms with Crippen LogP contribution in [0.4, 0.5) is 0 Å². The van der Waals surface area contributed by atoms with Gasteiger partial charge in [0.15, 0.2) is 0 Å².